The van der Waals surface area contributed by atoms with Crippen LogP contribution in [0.2, 0.25) is 0 Å². The van der Waals surface area contributed by atoms with E-state index in [9.17, 15) is 24.9 Å². The summed E-state index contributed by atoms with van der Waals surface area (Å²) in [4.78, 5) is 24.8. The van der Waals surface area contributed by atoms with Gasteiger partial charge in [-0.05, 0) is 51.0 Å². The fourth-order valence-electron chi connectivity index (χ4n) is 5.29. The monoisotopic (exact) mass is 625 g/mol. The fraction of sp³-hybridized carbons (Fsp3) is 0.548. The van der Waals surface area contributed by atoms with Crippen LogP contribution in [-0.4, -0.2) is 72.5 Å². The molecule has 0 spiro atoms. The van der Waals surface area contributed by atoms with Crippen molar-refractivity contribution in [3.63, 3.8) is 0 Å². The number of amides is 2. The predicted molar refractivity (Wildman–Crippen MR) is 170 cm³/mol. The first-order valence-electron chi connectivity index (χ1n) is 14.1. The summed E-state index contributed by atoms with van der Waals surface area (Å²) in [6.07, 6.45) is 2.82. The summed E-state index contributed by atoms with van der Waals surface area (Å²) < 4.78 is 16.8. The highest BCUT2D eigenvalue weighted by Crippen LogP contribution is 2.42. The van der Waals surface area contributed by atoms with Gasteiger partial charge in [-0.2, -0.15) is 0 Å². The fourth-order valence-corrected chi connectivity index (χ4v) is 5.29. The van der Waals surface area contributed by atoms with Gasteiger partial charge in [0.1, 0.15) is 11.5 Å². The number of rotatable bonds is 6. The van der Waals surface area contributed by atoms with E-state index in [1.165, 1.54) is 20.3 Å². The van der Waals surface area contributed by atoms with Crippen LogP contribution in [0.5, 0.6) is 11.5 Å². The maximum absolute atomic E-state index is 13.0. The first-order valence-corrected chi connectivity index (χ1v) is 14.1. The van der Waals surface area contributed by atoms with Crippen molar-refractivity contribution >= 4 is 35.8 Å². The topological polar surface area (TPSA) is 173 Å². The van der Waals surface area contributed by atoms with Crippen molar-refractivity contribution in [1.82, 2.24) is 0 Å². The van der Waals surface area contributed by atoms with E-state index in [2.05, 4.69) is 17.2 Å². The second-order valence-electron chi connectivity index (χ2n) is 10.9. The highest BCUT2D eigenvalue weighted by Gasteiger charge is 2.30. The Bertz CT molecular complexity index is 1170. The van der Waals surface area contributed by atoms with Crippen LogP contribution >= 0.6 is 12.4 Å². The molecule has 2 bridgehead atoms. The molecule has 43 heavy (non-hydrogen) atoms. The van der Waals surface area contributed by atoms with Crippen molar-refractivity contribution in [3.05, 3.63) is 47.6 Å². The van der Waals surface area contributed by atoms with E-state index in [1.54, 1.807) is 26.0 Å². The van der Waals surface area contributed by atoms with Crippen molar-refractivity contribution in [3.8, 4) is 11.5 Å². The Morgan fingerprint density at radius 1 is 1.21 bits per heavy atom. The zero-order valence-electron chi connectivity index (χ0n) is 25.9. The predicted octanol–water partition coefficient (Wildman–Crippen LogP) is 4.80. The lowest BCUT2D eigenvalue weighted by Gasteiger charge is -2.30. The molecule has 0 aliphatic carbocycles. The average molecular weight is 626 g/mol. The number of benzene rings is 1. The molecule has 2 amide bonds. The number of carbonyl (C=O) groups excluding carboxylic acids is 2. The molecular formula is C31H48ClN3O8. The Labute approximate surface area is 260 Å². The lowest BCUT2D eigenvalue weighted by atomic mass is 9.87. The van der Waals surface area contributed by atoms with Crippen molar-refractivity contribution in [2.75, 3.05) is 31.4 Å². The summed E-state index contributed by atoms with van der Waals surface area (Å²) in [5.41, 5.74) is 7.22. The number of nitrogens with one attached hydrogen (secondary N) is 2. The number of allylic oxidation sites excluding steroid dienone is 1. The molecule has 1 heterocycles. The number of hydrogen-bond acceptors (Lipinski definition) is 9. The zero-order valence-corrected chi connectivity index (χ0v) is 26.7. The van der Waals surface area contributed by atoms with Gasteiger partial charge in [0, 0.05) is 43.9 Å². The number of methoxy groups -OCH3 is 2. The van der Waals surface area contributed by atoms with Gasteiger partial charge >= 0.3 is 6.09 Å². The summed E-state index contributed by atoms with van der Waals surface area (Å²) >= 11 is 0. The first-order chi connectivity index (χ1) is 19.8. The van der Waals surface area contributed by atoms with Gasteiger partial charge in [-0.15, -0.1) is 19.0 Å². The van der Waals surface area contributed by atoms with Crippen molar-refractivity contribution < 1.29 is 39.1 Å². The van der Waals surface area contributed by atoms with E-state index in [4.69, 9.17) is 19.9 Å². The highest BCUT2D eigenvalue weighted by molar-refractivity contribution is 6.04. The van der Waals surface area contributed by atoms with Gasteiger partial charge in [0.25, 0.3) is 5.91 Å². The number of halogens is 1. The van der Waals surface area contributed by atoms with Crippen LogP contribution in [0.15, 0.2) is 42.0 Å². The summed E-state index contributed by atoms with van der Waals surface area (Å²) in [7, 11) is 3.01. The maximum atomic E-state index is 13.0. The molecule has 1 aliphatic rings. The van der Waals surface area contributed by atoms with Gasteiger partial charge in [-0.3, -0.25) is 4.79 Å². The molecule has 11 nitrogen and oxygen atoms in total. The second-order valence-corrected chi connectivity index (χ2v) is 10.9. The number of aliphatic hydroxyl groups excluding tert-OH is 1. The maximum Gasteiger partial charge on any atom is 0.405 e. The molecule has 0 saturated heterocycles. The Hall–Kier alpha value is -3.25. The SMILES string of the molecule is C=CCNc1c(O)cc2c(O)c1CC(C)CC(OC)C(O)C(C)C=C(C)C(OC(N)=O)C(OC)CCC=C(C)C(=O)N2.Cl. The number of phenols is 2. The van der Waals surface area contributed by atoms with Gasteiger partial charge in [0.2, 0.25) is 0 Å². The van der Waals surface area contributed by atoms with E-state index in [0.717, 1.165) is 0 Å². The van der Waals surface area contributed by atoms with Crippen LogP contribution < -0.4 is 16.4 Å². The number of fused-ring (bicyclic) bond motifs is 2. The molecule has 6 unspecified atom stereocenters. The van der Waals surface area contributed by atoms with Crippen molar-refractivity contribution in [2.45, 2.75) is 77.8 Å². The third-order valence-corrected chi connectivity index (χ3v) is 7.58. The summed E-state index contributed by atoms with van der Waals surface area (Å²) in [5, 5.41) is 39.1. The molecule has 0 radical (unpaired) electrons. The van der Waals surface area contributed by atoms with Crippen LogP contribution in [0.3, 0.4) is 0 Å². The smallest absolute Gasteiger partial charge is 0.405 e. The quantitative estimate of drug-likeness (QED) is 0.147. The van der Waals surface area contributed by atoms with Crippen LogP contribution in [-0.2, 0) is 25.4 Å². The minimum atomic E-state index is -0.956. The molecular weight excluding hydrogens is 578 g/mol. The van der Waals surface area contributed by atoms with Gasteiger partial charge < -0.3 is 45.9 Å². The molecule has 0 saturated carbocycles. The molecule has 0 fully saturated rings. The second kappa shape index (κ2) is 17.8. The number of aliphatic hydroxyl groups is 1. The Balaban J connectivity index is 0.00000924. The third kappa shape index (κ3) is 10.5. The molecule has 1 aromatic rings. The number of anilines is 2. The number of primary amides is 1. The first kappa shape index (κ1) is 37.8. The summed E-state index contributed by atoms with van der Waals surface area (Å²) in [6, 6.07) is 1.30. The lowest BCUT2D eigenvalue weighted by Crippen LogP contribution is -2.37. The van der Waals surface area contributed by atoms with Gasteiger partial charge in [0.05, 0.1) is 29.7 Å². The zero-order chi connectivity index (χ0) is 31.6. The molecule has 1 aliphatic heterocycles. The van der Waals surface area contributed by atoms with Crippen molar-refractivity contribution in [1.29, 1.82) is 0 Å². The van der Waals surface area contributed by atoms with Gasteiger partial charge in [-0.25, -0.2) is 4.79 Å². The average Bonchev–Trinajstić information content (AvgIpc) is 2.94. The Kier molecular flexibility index (Phi) is 15.6. The van der Waals surface area contributed by atoms with Crippen LogP contribution in [0, 0.1) is 11.8 Å². The van der Waals surface area contributed by atoms with E-state index in [0.29, 0.717) is 54.6 Å². The van der Waals surface area contributed by atoms with E-state index in [1.807, 2.05) is 19.9 Å². The molecule has 12 heteroatoms. The van der Waals surface area contributed by atoms with Gasteiger partial charge in [0.15, 0.2) is 6.10 Å². The number of aromatic hydroxyl groups is 2. The van der Waals surface area contributed by atoms with E-state index < -0.39 is 42.3 Å². The lowest BCUT2D eigenvalue weighted by molar-refractivity contribution is -0.112. The minimum Gasteiger partial charge on any atom is -0.506 e. The van der Waals surface area contributed by atoms with Gasteiger partial charge in [-0.1, -0.05) is 32.1 Å². The van der Waals surface area contributed by atoms with Crippen LogP contribution in [0.1, 0.15) is 52.5 Å². The van der Waals surface area contributed by atoms with E-state index in [-0.39, 0.29) is 35.5 Å². The molecule has 1 aromatic carbocycles. The largest absolute Gasteiger partial charge is 0.506 e. The number of ether oxygens (including phenoxy) is 3. The highest BCUT2D eigenvalue weighted by atomic mass is 35.5. The number of phenolic OH excluding ortho intramolecular Hbond substituents is 2. The van der Waals surface area contributed by atoms with Crippen LogP contribution in [0.4, 0.5) is 16.2 Å². The molecule has 2 rings (SSSR count). The molecule has 7 N–H and O–H groups in total. The van der Waals surface area contributed by atoms with Crippen LogP contribution in [0.25, 0.3) is 0 Å². The van der Waals surface area contributed by atoms with Crippen molar-refractivity contribution in [2.24, 2.45) is 17.6 Å². The molecule has 6 atom stereocenters. The standard InChI is InChI=1S/C31H47N3O8.ClH/c1-8-12-33-26-21-13-17(2)14-25(41-7)27(36)19(4)15-20(5)29(42-31(32)39)24(40-6)11-9-10-18(3)30(38)34-22(28(21)37)16-23(26)35;/h8,10,15-17,19,24-25,27,29,33,35-37H,1,9,11-14H2,2-7H3,(H2,32,39)(H,34,38);1H. The Morgan fingerprint density at radius 3 is 2.44 bits per heavy atom. The normalized spacial score (nSPS) is 25.8. The summed E-state index contributed by atoms with van der Waals surface area (Å²) in [5.74, 6) is -1.29. The molecule has 0 aromatic heterocycles. The Morgan fingerprint density at radius 2 is 1.86 bits per heavy atom. The number of carbonyl (C=O) groups is 2. The van der Waals surface area contributed by atoms with E-state index >= 15 is 0 Å². The molecule has 242 valence electrons. The number of hydrogen-bond donors (Lipinski definition) is 6. The minimum absolute atomic E-state index is 0. The number of nitrogens with two attached hydrogens (primary N) is 1. The summed E-state index contributed by atoms with van der Waals surface area (Å²) in [6.45, 7) is 11.2. The third-order valence-electron chi connectivity index (χ3n) is 7.58.